The number of aromatic nitrogens is 1. The van der Waals surface area contributed by atoms with E-state index in [9.17, 15) is 9.18 Å². The molecule has 0 aliphatic heterocycles. The van der Waals surface area contributed by atoms with Crippen LogP contribution in [-0.2, 0) is 17.6 Å². The highest BCUT2D eigenvalue weighted by Crippen LogP contribution is 2.40. The number of benzene rings is 1. The Hall–Kier alpha value is -2.29. The normalized spacial score (nSPS) is 20.9. The van der Waals surface area contributed by atoms with E-state index in [0.717, 1.165) is 24.8 Å². The van der Waals surface area contributed by atoms with Crippen LogP contribution in [0.2, 0.25) is 0 Å². The first-order valence-electron chi connectivity index (χ1n) is 10.6. The van der Waals surface area contributed by atoms with Crippen LogP contribution in [0, 0.1) is 11.7 Å². The number of pyridine rings is 1. The van der Waals surface area contributed by atoms with Crippen molar-refractivity contribution in [2.45, 2.75) is 63.7 Å². The number of carbonyl (C=O) groups is 1. The smallest absolute Gasteiger partial charge is 0.133 e. The van der Waals surface area contributed by atoms with E-state index in [2.05, 4.69) is 18.2 Å². The zero-order valence-corrected chi connectivity index (χ0v) is 16.4. The number of halogens is 1. The second-order valence-corrected chi connectivity index (χ2v) is 8.31. The maximum Gasteiger partial charge on any atom is 0.133 e. The number of nitrogens with zero attached hydrogens (tertiary/aromatic N) is 1. The highest BCUT2D eigenvalue weighted by atomic mass is 19.1. The highest BCUT2D eigenvalue weighted by Gasteiger charge is 2.27. The van der Waals surface area contributed by atoms with Gasteiger partial charge in [0.25, 0.3) is 0 Å². The van der Waals surface area contributed by atoms with Gasteiger partial charge in [0.15, 0.2) is 0 Å². The molecule has 0 bridgehead atoms. The maximum atomic E-state index is 13.0. The van der Waals surface area contributed by atoms with E-state index in [-0.39, 0.29) is 5.82 Å². The second-order valence-electron chi connectivity index (χ2n) is 8.31. The van der Waals surface area contributed by atoms with Gasteiger partial charge in [-0.2, -0.15) is 0 Å². The molecule has 1 aromatic carbocycles. The summed E-state index contributed by atoms with van der Waals surface area (Å²) in [7, 11) is 0. The summed E-state index contributed by atoms with van der Waals surface area (Å²) in [5.41, 5.74) is 5.06. The summed E-state index contributed by atoms with van der Waals surface area (Å²) in [5, 5.41) is 0. The van der Waals surface area contributed by atoms with Crippen molar-refractivity contribution >= 4 is 11.9 Å². The Morgan fingerprint density at radius 3 is 2.82 bits per heavy atom. The molecule has 2 unspecified atom stereocenters. The molecular formula is C25H28FNO. The number of fused-ring (bicyclic) bond motifs is 1. The molecule has 1 heterocycles. The molecule has 2 aliphatic carbocycles. The van der Waals surface area contributed by atoms with Crippen molar-refractivity contribution in [2.75, 3.05) is 0 Å². The molecule has 2 nitrogen and oxygen atoms in total. The molecule has 0 spiro atoms. The van der Waals surface area contributed by atoms with Gasteiger partial charge < -0.3 is 0 Å². The number of rotatable bonds is 7. The Kier molecular flexibility index (Phi) is 5.99. The third-order valence-electron chi connectivity index (χ3n) is 6.34. The van der Waals surface area contributed by atoms with Gasteiger partial charge in [-0.05, 0) is 72.9 Å². The number of hydrogen-bond acceptors (Lipinski definition) is 2. The fourth-order valence-electron chi connectivity index (χ4n) is 4.76. The van der Waals surface area contributed by atoms with Crippen LogP contribution in [0.1, 0.15) is 73.2 Å². The van der Waals surface area contributed by atoms with E-state index < -0.39 is 0 Å². The SMILES string of the molecule is O=C(CCc1ccc(F)cc1)CCC1CCCC(c2nccc3c2C=CC3)C1. The third-order valence-corrected chi connectivity index (χ3v) is 6.34. The summed E-state index contributed by atoms with van der Waals surface area (Å²) >= 11 is 0. The number of hydrogen-bond donors (Lipinski definition) is 0. The summed E-state index contributed by atoms with van der Waals surface area (Å²) < 4.78 is 13.0. The molecule has 0 saturated heterocycles. The monoisotopic (exact) mass is 377 g/mol. The van der Waals surface area contributed by atoms with Crippen molar-refractivity contribution in [3.63, 3.8) is 0 Å². The molecule has 1 aromatic heterocycles. The zero-order chi connectivity index (χ0) is 19.3. The number of aryl methyl sites for hydroxylation is 1. The highest BCUT2D eigenvalue weighted by molar-refractivity contribution is 5.78. The summed E-state index contributed by atoms with van der Waals surface area (Å²) in [5.74, 6) is 1.26. The van der Waals surface area contributed by atoms with Gasteiger partial charge in [-0.3, -0.25) is 9.78 Å². The van der Waals surface area contributed by atoms with E-state index in [4.69, 9.17) is 4.98 Å². The van der Waals surface area contributed by atoms with Crippen LogP contribution in [-0.4, -0.2) is 10.8 Å². The van der Waals surface area contributed by atoms with Crippen molar-refractivity contribution in [1.29, 1.82) is 0 Å². The second kappa shape index (κ2) is 8.81. The van der Waals surface area contributed by atoms with Gasteiger partial charge in [-0.25, -0.2) is 4.39 Å². The first-order chi connectivity index (χ1) is 13.7. The Labute approximate surface area is 166 Å². The average Bonchev–Trinajstić information content (AvgIpc) is 3.21. The van der Waals surface area contributed by atoms with Crippen LogP contribution in [0.3, 0.4) is 0 Å². The number of allylic oxidation sites excluding steroid dienone is 1. The number of carbonyl (C=O) groups excluding carboxylic acids is 1. The molecule has 0 amide bonds. The minimum Gasteiger partial charge on any atom is -0.300 e. The van der Waals surface area contributed by atoms with Crippen molar-refractivity contribution in [3.8, 4) is 0 Å². The molecular weight excluding hydrogens is 349 g/mol. The van der Waals surface area contributed by atoms with Gasteiger partial charge in [0, 0.05) is 25.0 Å². The molecule has 2 atom stereocenters. The molecule has 0 N–H and O–H groups in total. The summed E-state index contributed by atoms with van der Waals surface area (Å²) in [4.78, 5) is 17.1. The molecule has 1 fully saturated rings. The van der Waals surface area contributed by atoms with Crippen molar-refractivity contribution in [3.05, 3.63) is 70.8 Å². The van der Waals surface area contributed by atoms with Gasteiger partial charge in [0.1, 0.15) is 11.6 Å². The Morgan fingerprint density at radius 1 is 1.11 bits per heavy atom. The van der Waals surface area contributed by atoms with Crippen molar-refractivity contribution in [1.82, 2.24) is 4.98 Å². The minimum atomic E-state index is -0.226. The first kappa shape index (κ1) is 19.0. The van der Waals surface area contributed by atoms with Gasteiger partial charge in [0.05, 0.1) is 5.69 Å². The standard InChI is InChI=1S/C25H28FNO/c26-22-11-7-18(8-12-22)9-13-23(28)14-10-19-3-1-5-21(17-19)25-24-6-2-4-20(24)15-16-27-25/h2,6-8,11-12,15-16,19,21H,1,3-5,9-10,13-14,17H2. The Morgan fingerprint density at radius 2 is 1.96 bits per heavy atom. The van der Waals surface area contributed by atoms with E-state index in [0.29, 0.717) is 36.9 Å². The molecule has 146 valence electrons. The van der Waals surface area contributed by atoms with Crippen LogP contribution in [0.5, 0.6) is 0 Å². The van der Waals surface area contributed by atoms with Crippen molar-refractivity contribution < 1.29 is 9.18 Å². The lowest BCUT2D eigenvalue weighted by Gasteiger charge is -2.29. The maximum absolute atomic E-state index is 13.0. The average molecular weight is 378 g/mol. The van der Waals surface area contributed by atoms with E-state index in [1.807, 2.05) is 6.20 Å². The van der Waals surface area contributed by atoms with E-state index in [1.54, 1.807) is 12.1 Å². The molecule has 2 aliphatic rings. The Balaban J connectivity index is 1.27. The zero-order valence-electron chi connectivity index (χ0n) is 16.4. The van der Waals surface area contributed by atoms with Crippen LogP contribution >= 0.6 is 0 Å². The molecule has 2 aromatic rings. The first-order valence-corrected chi connectivity index (χ1v) is 10.6. The quantitative estimate of drug-likeness (QED) is 0.588. The molecule has 0 radical (unpaired) electrons. The minimum absolute atomic E-state index is 0.226. The predicted octanol–water partition coefficient (Wildman–Crippen LogP) is 6.05. The van der Waals surface area contributed by atoms with Gasteiger partial charge in [-0.1, -0.05) is 37.1 Å². The van der Waals surface area contributed by atoms with Crippen molar-refractivity contribution in [2.24, 2.45) is 5.92 Å². The van der Waals surface area contributed by atoms with E-state index in [1.165, 1.54) is 48.2 Å². The van der Waals surface area contributed by atoms with Crippen LogP contribution < -0.4 is 0 Å². The number of ketones is 1. The van der Waals surface area contributed by atoms with Gasteiger partial charge in [0.2, 0.25) is 0 Å². The fraction of sp³-hybridized carbons (Fsp3) is 0.440. The molecule has 3 heteroatoms. The predicted molar refractivity (Wildman–Crippen MR) is 111 cm³/mol. The van der Waals surface area contributed by atoms with Crippen LogP contribution in [0.15, 0.2) is 42.6 Å². The largest absolute Gasteiger partial charge is 0.300 e. The van der Waals surface area contributed by atoms with Gasteiger partial charge >= 0.3 is 0 Å². The summed E-state index contributed by atoms with van der Waals surface area (Å²) in [6.07, 6.45) is 15.2. The van der Waals surface area contributed by atoms with Crippen LogP contribution in [0.25, 0.3) is 6.08 Å². The Bertz CT molecular complexity index is 855. The summed E-state index contributed by atoms with van der Waals surface area (Å²) in [6.45, 7) is 0. The van der Waals surface area contributed by atoms with E-state index >= 15 is 0 Å². The molecule has 28 heavy (non-hydrogen) atoms. The van der Waals surface area contributed by atoms with Gasteiger partial charge in [-0.15, -0.1) is 0 Å². The lowest BCUT2D eigenvalue weighted by Crippen LogP contribution is -2.17. The van der Waals surface area contributed by atoms with Crippen LogP contribution in [0.4, 0.5) is 4.39 Å². The number of Topliss-reactive ketones (excluding diaryl/α,β-unsaturated/α-hetero) is 1. The lowest BCUT2D eigenvalue weighted by molar-refractivity contribution is -0.119. The topological polar surface area (TPSA) is 30.0 Å². The lowest BCUT2D eigenvalue weighted by atomic mass is 9.76. The molecule has 4 rings (SSSR count). The third kappa shape index (κ3) is 4.57. The summed E-state index contributed by atoms with van der Waals surface area (Å²) in [6, 6.07) is 8.61. The molecule has 1 saturated carbocycles. The fourth-order valence-corrected chi connectivity index (χ4v) is 4.76.